The highest BCUT2D eigenvalue weighted by Gasteiger charge is 2.58. The molecule has 4 aliphatic rings. The van der Waals surface area contributed by atoms with Gasteiger partial charge in [0.25, 0.3) is 0 Å². The van der Waals surface area contributed by atoms with Gasteiger partial charge in [0.2, 0.25) is 12.6 Å². The molecule has 10 heteroatoms. The minimum atomic E-state index is -0.754. The number of hydrogen-bond acceptors (Lipinski definition) is 6. The van der Waals surface area contributed by atoms with Crippen molar-refractivity contribution in [1.29, 1.82) is 0 Å². The molecule has 4 aliphatic heterocycles. The average molecular weight is 314 g/mol. The SMILES string of the molecule is CN1C(=O)N(C)[C@H]2OC(C3O[C@H]4[C@H](O3)N(C)C(=O)N4C)O[C@H]21. The molecule has 0 spiro atoms. The summed E-state index contributed by atoms with van der Waals surface area (Å²) in [7, 11) is 6.61. The zero-order valence-electron chi connectivity index (χ0n) is 12.7. The van der Waals surface area contributed by atoms with Gasteiger partial charge in [-0.25, -0.2) is 9.59 Å². The molecular formula is C12H18N4O6. The van der Waals surface area contributed by atoms with Crippen molar-refractivity contribution in [1.82, 2.24) is 19.6 Å². The predicted molar refractivity (Wildman–Crippen MR) is 68.9 cm³/mol. The van der Waals surface area contributed by atoms with Crippen molar-refractivity contribution in [3.8, 4) is 0 Å². The first-order chi connectivity index (χ1) is 10.4. The number of nitrogens with zero attached hydrogens (tertiary/aromatic N) is 4. The molecule has 4 amide bonds. The molecule has 0 bridgehead atoms. The number of urea groups is 2. The lowest BCUT2D eigenvalue weighted by atomic mass is 10.5. The maximum Gasteiger partial charge on any atom is 0.323 e. The van der Waals surface area contributed by atoms with Gasteiger partial charge in [-0.2, -0.15) is 0 Å². The fourth-order valence-electron chi connectivity index (χ4n) is 3.20. The first kappa shape index (κ1) is 14.0. The summed E-state index contributed by atoms with van der Waals surface area (Å²) >= 11 is 0. The summed E-state index contributed by atoms with van der Waals surface area (Å²) in [5.74, 6) is 0. The van der Waals surface area contributed by atoms with Crippen LogP contribution in [0.1, 0.15) is 0 Å². The van der Waals surface area contributed by atoms with Crippen molar-refractivity contribution in [3.63, 3.8) is 0 Å². The second kappa shape index (κ2) is 4.44. The summed E-state index contributed by atoms with van der Waals surface area (Å²) in [6, 6.07) is -0.327. The highest BCUT2D eigenvalue weighted by Crippen LogP contribution is 2.37. The molecule has 0 N–H and O–H groups in total. The van der Waals surface area contributed by atoms with E-state index in [4.69, 9.17) is 18.9 Å². The lowest BCUT2D eigenvalue weighted by Gasteiger charge is -2.24. The minimum Gasteiger partial charge on any atom is -0.319 e. The van der Waals surface area contributed by atoms with E-state index in [-0.39, 0.29) is 12.1 Å². The van der Waals surface area contributed by atoms with Crippen LogP contribution in [0.3, 0.4) is 0 Å². The van der Waals surface area contributed by atoms with Gasteiger partial charge >= 0.3 is 12.1 Å². The van der Waals surface area contributed by atoms with Gasteiger partial charge < -0.3 is 18.9 Å². The molecule has 0 aromatic heterocycles. The Bertz CT molecular complexity index is 446. The molecule has 5 atom stereocenters. The standard InChI is InChI=1S/C12H18N4O6/c1-13-5-6(14(2)11(13)17)20-9(19-5)10-21-7-8(22-10)16(4)12(18)15(7)3/h5-10H,1-4H3/t5-,6-,7-,8+,10?/m0/s1. The molecule has 122 valence electrons. The molecule has 10 nitrogen and oxygen atoms in total. The lowest BCUT2D eigenvalue weighted by Crippen LogP contribution is -2.40. The zero-order chi connectivity index (χ0) is 15.8. The Morgan fingerprint density at radius 2 is 0.818 bits per heavy atom. The van der Waals surface area contributed by atoms with Gasteiger partial charge in [-0.15, -0.1) is 0 Å². The number of fused-ring (bicyclic) bond motifs is 2. The number of likely N-dealkylation sites (N-methyl/N-ethyl adjacent to an activating group) is 4. The fourth-order valence-corrected chi connectivity index (χ4v) is 3.20. The monoisotopic (exact) mass is 314 g/mol. The molecule has 0 aliphatic carbocycles. The lowest BCUT2D eigenvalue weighted by molar-refractivity contribution is -0.240. The Hall–Kier alpha value is -1.62. The first-order valence-electron chi connectivity index (χ1n) is 7.01. The number of carbonyl (C=O) groups is 2. The summed E-state index contributed by atoms with van der Waals surface area (Å²) in [5.41, 5.74) is 0. The van der Waals surface area contributed by atoms with E-state index in [1.807, 2.05) is 0 Å². The molecule has 4 rings (SSSR count). The van der Waals surface area contributed by atoms with Crippen LogP contribution in [0.5, 0.6) is 0 Å². The largest absolute Gasteiger partial charge is 0.323 e. The third kappa shape index (κ3) is 1.63. The number of amides is 4. The van der Waals surface area contributed by atoms with E-state index in [1.165, 1.54) is 19.6 Å². The summed E-state index contributed by atoms with van der Waals surface area (Å²) < 4.78 is 23.0. The predicted octanol–water partition coefficient (Wildman–Crippen LogP) is -0.969. The molecule has 0 aromatic carbocycles. The van der Waals surface area contributed by atoms with Gasteiger partial charge in [-0.05, 0) is 0 Å². The maximum atomic E-state index is 11.8. The average Bonchev–Trinajstić information content (AvgIpc) is 3.21. The third-order valence-electron chi connectivity index (χ3n) is 4.54. The van der Waals surface area contributed by atoms with Crippen molar-refractivity contribution in [2.24, 2.45) is 0 Å². The van der Waals surface area contributed by atoms with Crippen molar-refractivity contribution in [2.75, 3.05) is 28.2 Å². The van der Waals surface area contributed by atoms with E-state index >= 15 is 0 Å². The van der Waals surface area contributed by atoms with E-state index < -0.39 is 37.5 Å². The van der Waals surface area contributed by atoms with Crippen LogP contribution < -0.4 is 0 Å². The van der Waals surface area contributed by atoms with Gasteiger partial charge in [-0.1, -0.05) is 0 Å². The van der Waals surface area contributed by atoms with Gasteiger partial charge in [-0.3, -0.25) is 19.6 Å². The van der Waals surface area contributed by atoms with Crippen LogP contribution in [0.2, 0.25) is 0 Å². The number of hydrogen-bond donors (Lipinski definition) is 0. The van der Waals surface area contributed by atoms with Crippen LogP contribution in [0.15, 0.2) is 0 Å². The number of rotatable bonds is 1. The van der Waals surface area contributed by atoms with Gasteiger partial charge in [0.15, 0.2) is 24.9 Å². The highest BCUT2D eigenvalue weighted by atomic mass is 16.8. The molecule has 1 unspecified atom stereocenters. The van der Waals surface area contributed by atoms with E-state index in [1.54, 1.807) is 28.2 Å². The molecule has 0 radical (unpaired) electrons. The van der Waals surface area contributed by atoms with Gasteiger partial charge in [0, 0.05) is 28.2 Å². The highest BCUT2D eigenvalue weighted by molar-refractivity contribution is 5.77. The van der Waals surface area contributed by atoms with E-state index in [0.717, 1.165) is 0 Å². The van der Waals surface area contributed by atoms with Crippen molar-refractivity contribution in [3.05, 3.63) is 0 Å². The Morgan fingerprint density at radius 1 is 0.591 bits per heavy atom. The minimum absolute atomic E-state index is 0.163. The Kier molecular flexibility index (Phi) is 2.83. The smallest absolute Gasteiger partial charge is 0.319 e. The summed E-state index contributed by atoms with van der Waals surface area (Å²) in [6.45, 7) is 0. The quantitative estimate of drug-likeness (QED) is 0.619. The Labute approximate surface area is 127 Å². The molecule has 4 heterocycles. The molecular weight excluding hydrogens is 296 g/mol. The fraction of sp³-hybridized carbons (Fsp3) is 0.833. The second-order valence-corrected chi connectivity index (χ2v) is 5.85. The van der Waals surface area contributed by atoms with Crippen LogP contribution in [-0.2, 0) is 18.9 Å². The van der Waals surface area contributed by atoms with Crippen LogP contribution in [0.4, 0.5) is 9.59 Å². The topological polar surface area (TPSA) is 84.0 Å². The second-order valence-electron chi connectivity index (χ2n) is 5.85. The van der Waals surface area contributed by atoms with Crippen LogP contribution in [0, 0.1) is 0 Å². The molecule has 4 fully saturated rings. The molecule has 22 heavy (non-hydrogen) atoms. The summed E-state index contributed by atoms with van der Waals surface area (Å²) in [5, 5.41) is 0. The van der Waals surface area contributed by atoms with Crippen molar-refractivity contribution < 1.29 is 28.5 Å². The van der Waals surface area contributed by atoms with E-state index in [9.17, 15) is 9.59 Å². The molecule has 4 saturated heterocycles. The van der Waals surface area contributed by atoms with Crippen LogP contribution >= 0.6 is 0 Å². The Morgan fingerprint density at radius 3 is 1.05 bits per heavy atom. The first-order valence-corrected chi connectivity index (χ1v) is 7.01. The number of carbonyl (C=O) groups excluding carboxylic acids is 2. The van der Waals surface area contributed by atoms with Crippen LogP contribution in [-0.4, -0.2) is 97.3 Å². The van der Waals surface area contributed by atoms with Crippen LogP contribution in [0.25, 0.3) is 0 Å². The normalized spacial score (nSPS) is 41.9. The third-order valence-corrected chi connectivity index (χ3v) is 4.54. The summed E-state index contributed by atoms with van der Waals surface area (Å²) in [6.07, 6.45) is -3.48. The van der Waals surface area contributed by atoms with E-state index in [2.05, 4.69) is 0 Å². The van der Waals surface area contributed by atoms with Crippen molar-refractivity contribution >= 4 is 12.1 Å². The van der Waals surface area contributed by atoms with Crippen molar-refractivity contribution in [2.45, 2.75) is 37.5 Å². The van der Waals surface area contributed by atoms with Gasteiger partial charge in [0.1, 0.15) is 0 Å². The molecule has 0 saturated carbocycles. The zero-order valence-corrected chi connectivity index (χ0v) is 12.7. The summed E-state index contributed by atoms with van der Waals surface area (Å²) in [4.78, 5) is 29.5. The molecule has 0 aromatic rings. The number of ether oxygens (including phenoxy) is 4. The Balaban J connectivity index is 1.46. The van der Waals surface area contributed by atoms with Gasteiger partial charge in [0.05, 0.1) is 0 Å². The maximum absolute atomic E-state index is 11.8. The van der Waals surface area contributed by atoms with E-state index in [0.29, 0.717) is 0 Å².